The van der Waals surface area contributed by atoms with Crippen LogP contribution in [-0.2, 0) is 15.0 Å². The Kier molecular flexibility index (Phi) is 4.91. The van der Waals surface area contributed by atoms with Crippen LogP contribution in [-0.4, -0.2) is 56.7 Å². The van der Waals surface area contributed by atoms with Crippen LogP contribution in [0, 0.1) is 5.92 Å². The van der Waals surface area contributed by atoms with Crippen molar-refractivity contribution in [2.24, 2.45) is 5.92 Å². The lowest BCUT2D eigenvalue weighted by molar-refractivity contribution is -0.120. The van der Waals surface area contributed by atoms with Gasteiger partial charge in [0, 0.05) is 27.2 Å². The van der Waals surface area contributed by atoms with Crippen molar-refractivity contribution in [3.05, 3.63) is 0 Å². The highest BCUT2D eigenvalue weighted by molar-refractivity contribution is 7.86. The molecule has 1 heterocycles. The van der Waals surface area contributed by atoms with Crippen LogP contribution in [0.15, 0.2) is 0 Å². The summed E-state index contributed by atoms with van der Waals surface area (Å²) in [5.74, 6) is 0.0769. The molecule has 1 fully saturated rings. The maximum atomic E-state index is 12.2. The Labute approximate surface area is 103 Å². The van der Waals surface area contributed by atoms with Gasteiger partial charge in [-0.3, -0.25) is 4.79 Å². The number of rotatable bonds is 4. The van der Waals surface area contributed by atoms with Crippen LogP contribution in [0.1, 0.15) is 19.8 Å². The van der Waals surface area contributed by atoms with Gasteiger partial charge < -0.3 is 5.32 Å². The second-order valence-corrected chi connectivity index (χ2v) is 6.58. The summed E-state index contributed by atoms with van der Waals surface area (Å²) in [5.41, 5.74) is 0. The Morgan fingerprint density at radius 3 is 2.71 bits per heavy atom. The number of likely N-dealkylation sites (N-methyl/N-ethyl adjacent to an activating group) is 2. The summed E-state index contributed by atoms with van der Waals surface area (Å²) in [4.78, 5) is 11.2. The summed E-state index contributed by atoms with van der Waals surface area (Å²) < 4.78 is 26.9. The molecule has 0 spiro atoms. The van der Waals surface area contributed by atoms with Gasteiger partial charge in [0.2, 0.25) is 5.91 Å². The van der Waals surface area contributed by atoms with Gasteiger partial charge in [-0.15, -0.1) is 0 Å². The van der Waals surface area contributed by atoms with Gasteiger partial charge >= 0.3 is 0 Å². The minimum Gasteiger partial charge on any atom is -0.358 e. The molecular weight excluding hydrogens is 242 g/mol. The van der Waals surface area contributed by atoms with Crippen molar-refractivity contribution in [3.8, 4) is 0 Å². The third-order valence-electron chi connectivity index (χ3n) is 2.99. The second-order valence-electron chi connectivity index (χ2n) is 4.54. The number of amides is 1. The molecule has 6 nitrogen and oxygen atoms in total. The van der Waals surface area contributed by atoms with E-state index in [1.165, 1.54) is 18.4 Å². The van der Waals surface area contributed by atoms with Crippen LogP contribution in [0.25, 0.3) is 0 Å². The van der Waals surface area contributed by atoms with Gasteiger partial charge in [-0.1, -0.05) is 6.92 Å². The van der Waals surface area contributed by atoms with Crippen LogP contribution in [0.2, 0.25) is 0 Å². The molecule has 0 bridgehead atoms. The fraction of sp³-hybridized carbons (Fsp3) is 0.900. The molecule has 1 aliphatic heterocycles. The lowest BCUT2D eigenvalue weighted by atomic mass is 10.0. The van der Waals surface area contributed by atoms with Crippen molar-refractivity contribution in [2.75, 3.05) is 33.7 Å². The van der Waals surface area contributed by atoms with Crippen LogP contribution < -0.4 is 5.32 Å². The zero-order valence-corrected chi connectivity index (χ0v) is 11.5. The average molecular weight is 263 g/mol. The van der Waals surface area contributed by atoms with E-state index in [0.717, 1.165) is 17.1 Å². The number of hydrogen-bond acceptors (Lipinski definition) is 3. The molecule has 1 atom stereocenters. The van der Waals surface area contributed by atoms with E-state index >= 15 is 0 Å². The quantitative estimate of drug-likeness (QED) is 0.753. The molecule has 1 N–H and O–H groups in total. The molecule has 0 aromatic rings. The van der Waals surface area contributed by atoms with E-state index in [-0.39, 0.29) is 12.5 Å². The first-order valence-corrected chi connectivity index (χ1v) is 7.19. The van der Waals surface area contributed by atoms with Gasteiger partial charge in [0.25, 0.3) is 10.2 Å². The molecule has 0 radical (unpaired) electrons. The van der Waals surface area contributed by atoms with E-state index in [2.05, 4.69) is 5.32 Å². The van der Waals surface area contributed by atoms with E-state index in [1.54, 1.807) is 0 Å². The molecule has 1 unspecified atom stereocenters. The van der Waals surface area contributed by atoms with Gasteiger partial charge in [0.15, 0.2) is 0 Å². The van der Waals surface area contributed by atoms with Crippen molar-refractivity contribution >= 4 is 16.1 Å². The van der Waals surface area contributed by atoms with Crippen molar-refractivity contribution in [1.82, 2.24) is 13.9 Å². The number of nitrogens with zero attached hydrogens (tertiary/aromatic N) is 2. The third kappa shape index (κ3) is 3.65. The number of carbonyl (C=O) groups is 1. The van der Waals surface area contributed by atoms with Crippen LogP contribution >= 0.6 is 0 Å². The molecule has 17 heavy (non-hydrogen) atoms. The average Bonchev–Trinajstić information content (AvgIpc) is 2.28. The highest BCUT2D eigenvalue weighted by Crippen LogP contribution is 2.19. The molecule has 1 aliphatic rings. The Morgan fingerprint density at radius 2 is 2.18 bits per heavy atom. The van der Waals surface area contributed by atoms with Crippen LogP contribution in [0.5, 0.6) is 0 Å². The monoisotopic (exact) mass is 263 g/mol. The SMILES string of the molecule is CNC(=O)CN(C)S(=O)(=O)N1CCCC(C)C1. The van der Waals surface area contributed by atoms with Gasteiger partial charge in [-0.05, 0) is 18.8 Å². The van der Waals surface area contributed by atoms with E-state index < -0.39 is 10.2 Å². The Morgan fingerprint density at radius 1 is 1.53 bits per heavy atom. The molecule has 1 saturated heterocycles. The maximum absolute atomic E-state index is 12.2. The predicted octanol–water partition coefficient (Wildman–Crippen LogP) is -0.359. The summed E-state index contributed by atoms with van der Waals surface area (Å²) in [6, 6.07) is 0. The Hall–Kier alpha value is -0.660. The fourth-order valence-corrected chi connectivity index (χ4v) is 3.39. The van der Waals surface area contributed by atoms with E-state index in [1.807, 2.05) is 6.92 Å². The first-order chi connectivity index (χ1) is 7.87. The van der Waals surface area contributed by atoms with Gasteiger partial charge in [0.05, 0.1) is 6.54 Å². The van der Waals surface area contributed by atoms with Gasteiger partial charge in [-0.25, -0.2) is 0 Å². The van der Waals surface area contributed by atoms with Crippen LogP contribution in [0.3, 0.4) is 0 Å². The van der Waals surface area contributed by atoms with Crippen molar-refractivity contribution in [1.29, 1.82) is 0 Å². The van der Waals surface area contributed by atoms with E-state index in [9.17, 15) is 13.2 Å². The third-order valence-corrected chi connectivity index (χ3v) is 4.89. The van der Waals surface area contributed by atoms with Gasteiger partial charge in [-0.2, -0.15) is 17.0 Å². The van der Waals surface area contributed by atoms with Crippen molar-refractivity contribution < 1.29 is 13.2 Å². The summed E-state index contributed by atoms with van der Waals surface area (Å²) >= 11 is 0. The highest BCUT2D eigenvalue weighted by atomic mass is 32.2. The van der Waals surface area contributed by atoms with Crippen LogP contribution in [0.4, 0.5) is 0 Å². The normalized spacial score (nSPS) is 22.7. The topological polar surface area (TPSA) is 69.7 Å². The zero-order chi connectivity index (χ0) is 13.1. The first kappa shape index (κ1) is 14.4. The number of piperidine rings is 1. The number of nitrogens with one attached hydrogen (secondary N) is 1. The molecular formula is C10H21N3O3S. The lowest BCUT2D eigenvalue weighted by Crippen LogP contribution is -2.48. The fourth-order valence-electron chi connectivity index (χ4n) is 1.92. The molecule has 7 heteroatoms. The smallest absolute Gasteiger partial charge is 0.282 e. The zero-order valence-electron chi connectivity index (χ0n) is 10.6. The second kappa shape index (κ2) is 5.79. The molecule has 1 rings (SSSR count). The molecule has 0 saturated carbocycles. The van der Waals surface area contributed by atoms with E-state index in [4.69, 9.17) is 0 Å². The van der Waals surface area contributed by atoms with Gasteiger partial charge in [0.1, 0.15) is 0 Å². The standard InChI is InChI=1S/C10H21N3O3S/c1-9-5-4-6-13(7-9)17(15,16)12(3)8-10(14)11-2/h9H,4-8H2,1-3H3,(H,11,14). The molecule has 0 aromatic carbocycles. The van der Waals surface area contributed by atoms with E-state index in [0.29, 0.717) is 19.0 Å². The van der Waals surface area contributed by atoms with Crippen molar-refractivity contribution in [3.63, 3.8) is 0 Å². The summed E-state index contributed by atoms with van der Waals surface area (Å²) in [7, 11) is -0.568. The first-order valence-electron chi connectivity index (χ1n) is 5.80. The summed E-state index contributed by atoms with van der Waals surface area (Å²) in [6.07, 6.45) is 1.94. The summed E-state index contributed by atoms with van der Waals surface area (Å²) in [6.45, 7) is 3.00. The minimum absolute atomic E-state index is 0.135. The predicted molar refractivity (Wildman–Crippen MR) is 65.6 cm³/mol. The molecule has 0 aromatic heterocycles. The maximum Gasteiger partial charge on any atom is 0.282 e. The summed E-state index contributed by atoms with van der Waals surface area (Å²) in [5, 5.41) is 2.42. The molecule has 100 valence electrons. The Bertz CT molecular complexity index is 369. The largest absolute Gasteiger partial charge is 0.358 e. The number of carbonyl (C=O) groups excluding carboxylic acids is 1. The molecule has 1 amide bonds. The Balaban J connectivity index is 2.69. The number of hydrogen-bond donors (Lipinski definition) is 1. The lowest BCUT2D eigenvalue weighted by Gasteiger charge is -2.32. The minimum atomic E-state index is -3.49. The highest BCUT2D eigenvalue weighted by Gasteiger charge is 2.31. The molecule has 0 aliphatic carbocycles. The van der Waals surface area contributed by atoms with Crippen molar-refractivity contribution in [2.45, 2.75) is 19.8 Å².